The number of ether oxygens (including phenoxy) is 1. The molecule has 1 fully saturated rings. The first-order valence-electron chi connectivity index (χ1n) is 8.94. The van der Waals surface area contributed by atoms with Crippen LogP contribution in [-0.2, 0) is 11.3 Å². The first-order chi connectivity index (χ1) is 12.5. The van der Waals surface area contributed by atoms with Crippen molar-refractivity contribution in [2.45, 2.75) is 46.3 Å². The standard InChI is InChI=1S/C19H23N5O2/c1-12-7-13(2)9-15(8-12)20-17-10-14(3)24-18(21-17)22-23(19(24)25)11-16-5-4-6-26-16/h7-10,16H,4-6,11H2,1-3H3,(H,20,21,22)/t16-/m0/s1. The molecule has 1 saturated heterocycles. The normalized spacial score (nSPS) is 17.1. The van der Waals surface area contributed by atoms with Crippen LogP contribution in [0.3, 0.4) is 0 Å². The zero-order valence-corrected chi connectivity index (χ0v) is 15.3. The molecule has 3 heterocycles. The van der Waals surface area contributed by atoms with Gasteiger partial charge in [-0.15, -0.1) is 5.10 Å². The van der Waals surface area contributed by atoms with Gasteiger partial charge in [-0.3, -0.25) is 0 Å². The van der Waals surface area contributed by atoms with Crippen molar-refractivity contribution in [2.75, 3.05) is 11.9 Å². The molecule has 0 spiro atoms. The van der Waals surface area contributed by atoms with Gasteiger partial charge in [-0.2, -0.15) is 4.98 Å². The largest absolute Gasteiger partial charge is 0.376 e. The Kier molecular flexibility index (Phi) is 4.24. The number of nitrogens with one attached hydrogen (secondary N) is 1. The van der Waals surface area contributed by atoms with Crippen LogP contribution in [0.15, 0.2) is 29.1 Å². The maximum absolute atomic E-state index is 12.6. The zero-order chi connectivity index (χ0) is 18.3. The van der Waals surface area contributed by atoms with Gasteiger partial charge in [0, 0.05) is 24.1 Å². The van der Waals surface area contributed by atoms with Gasteiger partial charge in [-0.25, -0.2) is 13.9 Å². The third kappa shape index (κ3) is 3.22. The van der Waals surface area contributed by atoms with Crippen molar-refractivity contribution in [3.05, 3.63) is 51.6 Å². The smallest absolute Gasteiger partial charge is 0.351 e. The van der Waals surface area contributed by atoms with Gasteiger partial charge < -0.3 is 10.1 Å². The second kappa shape index (κ2) is 6.57. The van der Waals surface area contributed by atoms with Gasteiger partial charge in [0.1, 0.15) is 5.82 Å². The van der Waals surface area contributed by atoms with Crippen LogP contribution in [0.2, 0.25) is 0 Å². The monoisotopic (exact) mass is 353 g/mol. The van der Waals surface area contributed by atoms with Crippen LogP contribution in [0.5, 0.6) is 0 Å². The van der Waals surface area contributed by atoms with Crippen LogP contribution >= 0.6 is 0 Å². The highest BCUT2D eigenvalue weighted by Crippen LogP contribution is 2.19. The molecule has 0 saturated carbocycles. The first kappa shape index (κ1) is 16.8. The van der Waals surface area contributed by atoms with E-state index in [1.807, 2.05) is 13.0 Å². The SMILES string of the molecule is Cc1cc(C)cc(Nc2cc(C)n3c(=O)n(C[C@@H]4CCCO4)nc3n2)c1. The Hall–Kier alpha value is -2.67. The summed E-state index contributed by atoms with van der Waals surface area (Å²) >= 11 is 0. The van der Waals surface area contributed by atoms with Gasteiger partial charge in [0.05, 0.1) is 12.6 Å². The van der Waals surface area contributed by atoms with Crippen LogP contribution in [0.25, 0.3) is 5.78 Å². The van der Waals surface area contributed by atoms with Gasteiger partial charge in [0.2, 0.25) is 0 Å². The van der Waals surface area contributed by atoms with Gasteiger partial charge in [0.15, 0.2) is 0 Å². The van der Waals surface area contributed by atoms with Gasteiger partial charge >= 0.3 is 5.69 Å². The third-order valence-electron chi connectivity index (χ3n) is 4.64. The Bertz CT molecular complexity index is 994. The quantitative estimate of drug-likeness (QED) is 0.781. The van der Waals surface area contributed by atoms with Crippen LogP contribution in [0.1, 0.15) is 29.7 Å². The van der Waals surface area contributed by atoms with Crippen molar-refractivity contribution in [3.63, 3.8) is 0 Å². The van der Waals surface area contributed by atoms with E-state index in [1.54, 1.807) is 4.40 Å². The molecule has 26 heavy (non-hydrogen) atoms. The van der Waals surface area contributed by atoms with E-state index in [1.165, 1.54) is 15.8 Å². The molecule has 0 unspecified atom stereocenters. The van der Waals surface area contributed by atoms with Crippen molar-refractivity contribution in [3.8, 4) is 0 Å². The molecule has 1 atom stereocenters. The number of aromatic nitrogens is 4. The minimum absolute atomic E-state index is 0.0609. The molecule has 1 N–H and O–H groups in total. The van der Waals surface area contributed by atoms with Crippen molar-refractivity contribution >= 4 is 17.3 Å². The summed E-state index contributed by atoms with van der Waals surface area (Å²) in [6, 6.07) is 8.12. The van der Waals surface area contributed by atoms with E-state index in [0.29, 0.717) is 18.1 Å². The number of benzene rings is 1. The second-order valence-electron chi connectivity index (χ2n) is 7.02. The van der Waals surface area contributed by atoms with Crippen molar-refractivity contribution in [2.24, 2.45) is 0 Å². The summed E-state index contributed by atoms with van der Waals surface area (Å²) in [5.74, 6) is 1.08. The number of rotatable bonds is 4. The lowest BCUT2D eigenvalue weighted by Gasteiger charge is -2.09. The predicted molar refractivity (Wildman–Crippen MR) is 100 cm³/mol. The molecule has 1 aliphatic heterocycles. The summed E-state index contributed by atoms with van der Waals surface area (Å²) in [5.41, 5.74) is 3.97. The van der Waals surface area contributed by atoms with Gasteiger partial charge in [-0.1, -0.05) is 6.07 Å². The maximum Gasteiger partial charge on any atom is 0.351 e. The molecule has 0 bridgehead atoms. The fourth-order valence-corrected chi connectivity index (χ4v) is 3.54. The predicted octanol–water partition coefficient (Wildman–Crippen LogP) is 2.74. The first-order valence-corrected chi connectivity index (χ1v) is 8.94. The molecular formula is C19H23N5O2. The Morgan fingerprint density at radius 3 is 2.65 bits per heavy atom. The second-order valence-corrected chi connectivity index (χ2v) is 7.02. The number of aryl methyl sites for hydroxylation is 3. The number of hydrogen-bond donors (Lipinski definition) is 1. The molecule has 4 rings (SSSR count). The minimum Gasteiger partial charge on any atom is -0.376 e. The topological polar surface area (TPSA) is 73.5 Å². The van der Waals surface area contributed by atoms with Gasteiger partial charge in [0.25, 0.3) is 5.78 Å². The molecule has 1 aromatic carbocycles. The molecule has 3 aromatic rings. The van der Waals surface area contributed by atoms with E-state index in [0.717, 1.165) is 30.8 Å². The fraction of sp³-hybridized carbons (Fsp3) is 0.421. The van der Waals surface area contributed by atoms with Crippen molar-refractivity contribution in [1.82, 2.24) is 19.2 Å². The lowest BCUT2D eigenvalue weighted by atomic mass is 10.1. The molecule has 2 aromatic heterocycles. The summed E-state index contributed by atoms with van der Waals surface area (Å²) in [7, 11) is 0. The number of hydrogen-bond acceptors (Lipinski definition) is 5. The molecule has 0 radical (unpaired) electrons. The Morgan fingerprint density at radius 1 is 1.19 bits per heavy atom. The average molecular weight is 353 g/mol. The van der Waals surface area contributed by atoms with Crippen LogP contribution in [0, 0.1) is 20.8 Å². The Morgan fingerprint density at radius 2 is 1.96 bits per heavy atom. The van der Waals surface area contributed by atoms with Crippen LogP contribution in [0.4, 0.5) is 11.5 Å². The average Bonchev–Trinajstić information content (AvgIpc) is 3.15. The van der Waals surface area contributed by atoms with E-state index < -0.39 is 0 Å². The van der Waals surface area contributed by atoms with E-state index in [-0.39, 0.29) is 11.8 Å². The van der Waals surface area contributed by atoms with E-state index >= 15 is 0 Å². The summed E-state index contributed by atoms with van der Waals surface area (Å²) in [6.07, 6.45) is 2.06. The molecule has 7 nitrogen and oxygen atoms in total. The Labute approximate surface area is 151 Å². The van der Waals surface area contributed by atoms with E-state index in [4.69, 9.17) is 4.74 Å². The van der Waals surface area contributed by atoms with Crippen LogP contribution < -0.4 is 11.0 Å². The van der Waals surface area contributed by atoms with Gasteiger partial charge in [-0.05, 0) is 56.9 Å². The maximum atomic E-state index is 12.6. The summed E-state index contributed by atoms with van der Waals surface area (Å²) in [6.45, 7) is 7.25. The molecule has 7 heteroatoms. The van der Waals surface area contributed by atoms with Crippen molar-refractivity contribution in [1.29, 1.82) is 0 Å². The Balaban J connectivity index is 1.68. The lowest BCUT2D eigenvalue weighted by molar-refractivity contribution is 0.0931. The highest BCUT2D eigenvalue weighted by Gasteiger charge is 2.19. The number of fused-ring (bicyclic) bond motifs is 1. The lowest BCUT2D eigenvalue weighted by Crippen LogP contribution is -2.27. The summed E-state index contributed by atoms with van der Waals surface area (Å²) in [4.78, 5) is 17.2. The number of anilines is 2. The molecule has 0 aliphatic carbocycles. The minimum atomic E-state index is -0.168. The number of nitrogens with zero attached hydrogens (tertiary/aromatic N) is 4. The van der Waals surface area contributed by atoms with E-state index in [9.17, 15) is 4.79 Å². The van der Waals surface area contributed by atoms with Crippen molar-refractivity contribution < 1.29 is 4.74 Å². The molecule has 1 aliphatic rings. The zero-order valence-electron chi connectivity index (χ0n) is 15.3. The highest BCUT2D eigenvalue weighted by atomic mass is 16.5. The third-order valence-corrected chi connectivity index (χ3v) is 4.64. The van der Waals surface area contributed by atoms with Crippen LogP contribution in [-0.4, -0.2) is 31.9 Å². The summed E-state index contributed by atoms with van der Waals surface area (Å²) in [5, 5.41) is 7.73. The highest BCUT2D eigenvalue weighted by molar-refractivity contribution is 5.60. The van der Waals surface area contributed by atoms with E-state index in [2.05, 4.69) is 47.4 Å². The molecule has 0 amide bonds. The molecule has 136 valence electrons. The fourth-order valence-electron chi connectivity index (χ4n) is 3.54. The summed E-state index contributed by atoms with van der Waals surface area (Å²) < 4.78 is 8.63. The molecular weight excluding hydrogens is 330 g/mol.